The van der Waals surface area contributed by atoms with Crippen molar-refractivity contribution in [2.75, 3.05) is 7.11 Å². The quantitative estimate of drug-likeness (QED) is 0.872. The van der Waals surface area contributed by atoms with E-state index in [1.54, 1.807) is 12.1 Å². The summed E-state index contributed by atoms with van der Waals surface area (Å²) in [5.74, 6) is -0.778. The van der Waals surface area contributed by atoms with Crippen LogP contribution in [0.5, 0.6) is 0 Å². The standard InChI is InChI=1S/C15H19ClFNO2/c1-20-14(19)7-9-3-2-4-13(18)15(9)11-6-5-10(16)8-12(11)17/h5-6,8-9,13,15H,2-4,7,18H2,1H3. The molecular weight excluding hydrogens is 281 g/mol. The smallest absolute Gasteiger partial charge is 0.305 e. The molecule has 3 nitrogen and oxygen atoms in total. The highest BCUT2D eigenvalue weighted by atomic mass is 35.5. The summed E-state index contributed by atoms with van der Waals surface area (Å²) in [6.45, 7) is 0. The molecule has 2 rings (SSSR count). The lowest BCUT2D eigenvalue weighted by Crippen LogP contribution is -2.38. The monoisotopic (exact) mass is 299 g/mol. The molecule has 1 aliphatic carbocycles. The number of rotatable bonds is 3. The van der Waals surface area contributed by atoms with Crippen LogP contribution in [0.4, 0.5) is 4.39 Å². The number of hydrogen-bond donors (Lipinski definition) is 1. The third-order valence-electron chi connectivity index (χ3n) is 4.06. The molecule has 1 saturated carbocycles. The fourth-order valence-corrected chi connectivity index (χ4v) is 3.27. The first-order chi connectivity index (χ1) is 9.52. The van der Waals surface area contributed by atoms with E-state index in [1.807, 2.05) is 0 Å². The number of methoxy groups -OCH3 is 1. The number of esters is 1. The summed E-state index contributed by atoms with van der Waals surface area (Å²) in [5.41, 5.74) is 6.73. The Kier molecular flexibility index (Phi) is 5.00. The minimum Gasteiger partial charge on any atom is -0.469 e. The van der Waals surface area contributed by atoms with Crippen LogP contribution < -0.4 is 5.73 Å². The minimum atomic E-state index is -0.352. The van der Waals surface area contributed by atoms with Gasteiger partial charge >= 0.3 is 5.97 Å². The zero-order chi connectivity index (χ0) is 14.7. The molecule has 0 heterocycles. The lowest BCUT2D eigenvalue weighted by atomic mass is 9.71. The van der Waals surface area contributed by atoms with Crippen LogP contribution in [-0.4, -0.2) is 19.1 Å². The van der Waals surface area contributed by atoms with E-state index in [0.717, 1.165) is 19.3 Å². The Morgan fingerprint density at radius 3 is 2.90 bits per heavy atom. The maximum Gasteiger partial charge on any atom is 0.305 e. The molecule has 0 spiro atoms. The van der Waals surface area contributed by atoms with E-state index in [1.165, 1.54) is 13.2 Å². The molecule has 0 radical (unpaired) electrons. The van der Waals surface area contributed by atoms with Crippen molar-refractivity contribution in [1.82, 2.24) is 0 Å². The van der Waals surface area contributed by atoms with Gasteiger partial charge in [-0.15, -0.1) is 0 Å². The fourth-order valence-electron chi connectivity index (χ4n) is 3.11. The molecule has 1 fully saturated rings. The number of benzene rings is 1. The normalized spacial score (nSPS) is 26.3. The lowest BCUT2D eigenvalue weighted by Gasteiger charge is -2.36. The van der Waals surface area contributed by atoms with E-state index in [9.17, 15) is 9.18 Å². The van der Waals surface area contributed by atoms with Gasteiger partial charge in [0.1, 0.15) is 5.82 Å². The molecule has 20 heavy (non-hydrogen) atoms. The van der Waals surface area contributed by atoms with Gasteiger partial charge in [0.15, 0.2) is 0 Å². The zero-order valence-electron chi connectivity index (χ0n) is 11.4. The van der Waals surface area contributed by atoms with Gasteiger partial charge in [-0.3, -0.25) is 4.79 Å². The van der Waals surface area contributed by atoms with Crippen LogP contribution in [-0.2, 0) is 9.53 Å². The highest BCUT2D eigenvalue weighted by Gasteiger charge is 2.35. The molecule has 110 valence electrons. The number of carbonyl (C=O) groups excluding carboxylic acids is 1. The Balaban J connectivity index is 2.29. The summed E-state index contributed by atoms with van der Waals surface area (Å²) in [5, 5.41) is 0.361. The van der Waals surface area contributed by atoms with Crippen LogP contribution in [0, 0.1) is 11.7 Å². The highest BCUT2D eigenvalue weighted by molar-refractivity contribution is 6.30. The van der Waals surface area contributed by atoms with Crippen molar-refractivity contribution < 1.29 is 13.9 Å². The summed E-state index contributed by atoms with van der Waals surface area (Å²) in [6, 6.07) is 4.50. The van der Waals surface area contributed by atoms with E-state index in [-0.39, 0.29) is 36.1 Å². The predicted molar refractivity (Wildman–Crippen MR) is 76.1 cm³/mol. The van der Waals surface area contributed by atoms with Gasteiger partial charge in [-0.05, 0) is 36.5 Å². The van der Waals surface area contributed by atoms with Crippen molar-refractivity contribution in [3.05, 3.63) is 34.6 Å². The van der Waals surface area contributed by atoms with E-state index in [4.69, 9.17) is 22.1 Å². The van der Waals surface area contributed by atoms with Crippen LogP contribution in [0.3, 0.4) is 0 Å². The molecule has 0 aliphatic heterocycles. The maximum absolute atomic E-state index is 14.1. The first-order valence-electron chi connectivity index (χ1n) is 6.80. The van der Waals surface area contributed by atoms with Crippen molar-refractivity contribution in [3.63, 3.8) is 0 Å². The third kappa shape index (κ3) is 3.30. The molecule has 0 aromatic heterocycles. The summed E-state index contributed by atoms with van der Waals surface area (Å²) in [7, 11) is 1.36. The average Bonchev–Trinajstić information content (AvgIpc) is 2.40. The lowest BCUT2D eigenvalue weighted by molar-refractivity contribution is -0.142. The van der Waals surface area contributed by atoms with Gasteiger partial charge in [0.2, 0.25) is 0 Å². The van der Waals surface area contributed by atoms with Crippen molar-refractivity contribution in [2.24, 2.45) is 11.7 Å². The van der Waals surface area contributed by atoms with Gasteiger partial charge in [0, 0.05) is 23.4 Å². The minimum absolute atomic E-state index is 0.0156. The molecule has 0 saturated heterocycles. The van der Waals surface area contributed by atoms with Crippen molar-refractivity contribution in [1.29, 1.82) is 0 Å². The summed E-state index contributed by atoms with van der Waals surface area (Å²) in [6.07, 6.45) is 2.92. The third-order valence-corrected chi connectivity index (χ3v) is 4.29. The number of nitrogens with two attached hydrogens (primary N) is 1. The maximum atomic E-state index is 14.1. The molecule has 5 heteroatoms. The predicted octanol–water partition coefficient (Wildman–Crippen LogP) is 3.25. The van der Waals surface area contributed by atoms with Crippen molar-refractivity contribution >= 4 is 17.6 Å². The Morgan fingerprint density at radius 2 is 2.25 bits per heavy atom. The van der Waals surface area contributed by atoms with E-state index >= 15 is 0 Å². The Hall–Kier alpha value is -1.13. The molecule has 2 N–H and O–H groups in total. The zero-order valence-corrected chi connectivity index (χ0v) is 12.2. The number of carbonyl (C=O) groups is 1. The topological polar surface area (TPSA) is 52.3 Å². The van der Waals surface area contributed by atoms with Gasteiger partial charge in [-0.2, -0.15) is 0 Å². The molecule has 0 amide bonds. The summed E-state index contributed by atoms with van der Waals surface area (Å²) < 4.78 is 18.9. The van der Waals surface area contributed by atoms with Gasteiger partial charge < -0.3 is 10.5 Å². The highest BCUT2D eigenvalue weighted by Crippen LogP contribution is 2.40. The van der Waals surface area contributed by atoms with E-state index < -0.39 is 0 Å². The van der Waals surface area contributed by atoms with Crippen LogP contribution >= 0.6 is 11.6 Å². The Morgan fingerprint density at radius 1 is 1.50 bits per heavy atom. The average molecular weight is 300 g/mol. The second kappa shape index (κ2) is 6.55. The molecule has 1 aromatic rings. The molecule has 3 unspecified atom stereocenters. The molecule has 1 aromatic carbocycles. The van der Waals surface area contributed by atoms with Crippen LogP contribution in [0.15, 0.2) is 18.2 Å². The van der Waals surface area contributed by atoms with Gasteiger partial charge in [0.25, 0.3) is 0 Å². The first kappa shape index (κ1) is 15.3. The van der Waals surface area contributed by atoms with Crippen molar-refractivity contribution in [3.8, 4) is 0 Å². The number of hydrogen-bond acceptors (Lipinski definition) is 3. The second-order valence-electron chi connectivity index (χ2n) is 5.33. The SMILES string of the molecule is COC(=O)CC1CCCC(N)C1c1ccc(Cl)cc1F. The first-order valence-corrected chi connectivity index (χ1v) is 7.18. The van der Waals surface area contributed by atoms with Crippen molar-refractivity contribution in [2.45, 2.75) is 37.6 Å². The molecule has 1 aliphatic rings. The summed E-state index contributed by atoms with van der Waals surface area (Å²) >= 11 is 5.79. The van der Waals surface area contributed by atoms with Crippen LogP contribution in [0.1, 0.15) is 37.2 Å². The largest absolute Gasteiger partial charge is 0.469 e. The van der Waals surface area contributed by atoms with Gasteiger partial charge in [0.05, 0.1) is 7.11 Å². The van der Waals surface area contributed by atoms with E-state index in [2.05, 4.69) is 0 Å². The van der Waals surface area contributed by atoms with E-state index in [0.29, 0.717) is 10.6 Å². The number of halogens is 2. The van der Waals surface area contributed by atoms with Crippen LogP contribution in [0.25, 0.3) is 0 Å². The molecule has 0 bridgehead atoms. The Bertz CT molecular complexity index is 495. The molecule has 3 atom stereocenters. The number of ether oxygens (including phenoxy) is 1. The summed E-state index contributed by atoms with van der Waals surface area (Å²) in [4.78, 5) is 11.5. The fraction of sp³-hybridized carbons (Fsp3) is 0.533. The van der Waals surface area contributed by atoms with Crippen LogP contribution in [0.2, 0.25) is 5.02 Å². The molecular formula is C15H19ClFNO2. The van der Waals surface area contributed by atoms with Gasteiger partial charge in [-0.25, -0.2) is 4.39 Å². The Labute approximate surface area is 123 Å². The second-order valence-corrected chi connectivity index (χ2v) is 5.76. The van der Waals surface area contributed by atoms with Gasteiger partial charge in [-0.1, -0.05) is 24.1 Å².